The second-order valence-electron chi connectivity index (χ2n) is 5.11. The van der Waals surface area contributed by atoms with Gasteiger partial charge in [0.05, 0.1) is 0 Å². The van der Waals surface area contributed by atoms with Crippen molar-refractivity contribution in [2.24, 2.45) is 0 Å². The summed E-state index contributed by atoms with van der Waals surface area (Å²) in [5.41, 5.74) is 2.73. The molecule has 0 unspecified atom stereocenters. The maximum atomic E-state index is 11.7. The van der Waals surface area contributed by atoms with E-state index in [2.05, 4.69) is 10.6 Å². The average molecular weight is 353 g/mol. The van der Waals surface area contributed by atoms with Crippen molar-refractivity contribution in [1.82, 2.24) is 10.6 Å². The van der Waals surface area contributed by atoms with Crippen LogP contribution < -0.4 is 15.4 Å². The van der Waals surface area contributed by atoms with Crippen molar-refractivity contribution in [1.29, 1.82) is 0 Å². The molecule has 0 saturated carbocycles. The van der Waals surface area contributed by atoms with Crippen LogP contribution in [0.15, 0.2) is 36.4 Å². The quantitative estimate of drug-likeness (QED) is 0.781. The first-order chi connectivity index (χ1) is 11.0. The highest BCUT2D eigenvalue weighted by Crippen LogP contribution is 2.25. The summed E-state index contributed by atoms with van der Waals surface area (Å²) in [6.07, 6.45) is 0. The van der Waals surface area contributed by atoms with Gasteiger partial charge in [-0.1, -0.05) is 41.4 Å². The molecule has 2 N–H and O–H groups in total. The van der Waals surface area contributed by atoms with Crippen LogP contribution in [0.1, 0.15) is 16.7 Å². The van der Waals surface area contributed by atoms with Gasteiger partial charge in [-0.15, -0.1) is 0 Å². The fraction of sp³-hybridized carbons (Fsp3) is 0.235. The number of carbonyl (C=O) groups excluding carboxylic acids is 1. The van der Waals surface area contributed by atoms with Gasteiger partial charge in [-0.3, -0.25) is 0 Å². The smallest absolute Gasteiger partial charge is 0.317 e. The van der Waals surface area contributed by atoms with Crippen LogP contribution in [0.3, 0.4) is 0 Å². The van der Waals surface area contributed by atoms with E-state index in [0.717, 1.165) is 21.7 Å². The number of carbonyl (C=O) groups is 1. The fourth-order valence-electron chi connectivity index (χ4n) is 2.05. The number of nitrogens with one attached hydrogen (secondary N) is 2. The number of aryl methyl sites for hydroxylation is 2. The lowest BCUT2D eigenvalue weighted by atomic mass is 10.1. The Morgan fingerprint density at radius 2 is 1.74 bits per heavy atom. The highest BCUT2D eigenvalue weighted by molar-refractivity contribution is 6.32. The van der Waals surface area contributed by atoms with Gasteiger partial charge < -0.3 is 15.4 Å². The molecule has 0 bridgehead atoms. The molecule has 0 fully saturated rings. The summed E-state index contributed by atoms with van der Waals surface area (Å²) in [5, 5.41) is 6.69. The van der Waals surface area contributed by atoms with Crippen LogP contribution >= 0.6 is 23.2 Å². The number of hydrogen-bond donors (Lipinski definition) is 2. The summed E-state index contributed by atoms with van der Waals surface area (Å²) in [6.45, 7) is 4.23. The van der Waals surface area contributed by atoms with E-state index < -0.39 is 0 Å². The van der Waals surface area contributed by atoms with Gasteiger partial charge in [-0.25, -0.2) is 4.79 Å². The van der Waals surface area contributed by atoms with E-state index >= 15 is 0 Å². The molecule has 0 aliphatic rings. The van der Waals surface area contributed by atoms with Crippen molar-refractivity contribution in [3.05, 3.63) is 63.1 Å². The van der Waals surface area contributed by atoms with Gasteiger partial charge in [0.15, 0.2) is 6.73 Å². The molecule has 0 radical (unpaired) electrons. The summed E-state index contributed by atoms with van der Waals surface area (Å²) in [5.74, 6) is 0.663. The van der Waals surface area contributed by atoms with Crippen molar-refractivity contribution < 1.29 is 9.53 Å². The minimum atomic E-state index is -0.327. The molecule has 2 amide bonds. The molecule has 0 heterocycles. The van der Waals surface area contributed by atoms with Crippen LogP contribution in [-0.4, -0.2) is 12.8 Å². The standard InChI is InChI=1S/C17H18Cl2N2O2/c1-11-7-14(8-12(2)16(11)19)23-10-21-17(22)20-9-13-5-3-4-6-15(13)18/h3-8H,9-10H2,1-2H3,(H2,20,21,22). The number of halogens is 2. The van der Waals surface area contributed by atoms with E-state index in [-0.39, 0.29) is 12.8 Å². The van der Waals surface area contributed by atoms with Crippen molar-refractivity contribution in [2.45, 2.75) is 20.4 Å². The van der Waals surface area contributed by atoms with E-state index in [1.807, 2.05) is 44.2 Å². The van der Waals surface area contributed by atoms with Crippen molar-refractivity contribution >= 4 is 29.2 Å². The van der Waals surface area contributed by atoms with Crippen molar-refractivity contribution in [2.75, 3.05) is 6.73 Å². The number of benzene rings is 2. The van der Waals surface area contributed by atoms with E-state index in [1.54, 1.807) is 6.07 Å². The lowest BCUT2D eigenvalue weighted by Gasteiger charge is -2.12. The average Bonchev–Trinajstić information content (AvgIpc) is 2.52. The molecular formula is C17H18Cl2N2O2. The third kappa shape index (κ3) is 5.05. The number of ether oxygens (including phenoxy) is 1. The summed E-state index contributed by atoms with van der Waals surface area (Å²) in [4.78, 5) is 11.7. The number of amides is 2. The monoisotopic (exact) mass is 352 g/mol. The van der Waals surface area contributed by atoms with Crippen LogP contribution in [0, 0.1) is 13.8 Å². The second kappa shape index (κ2) is 8.09. The Kier molecular flexibility index (Phi) is 6.13. The highest BCUT2D eigenvalue weighted by Gasteiger charge is 2.05. The Morgan fingerprint density at radius 1 is 1.09 bits per heavy atom. The largest absolute Gasteiger partial charge is 0.473 e. The van der Waals surface area contributed by atoms with Crippen LogP contribution in [0.4, 0.5) is 4.79 Å². The normalized spacial score (nSPS) is 10.3. The Morgan fingerprint density at radius 3 is 2.39 bits per heavy atom. The molecule has 122 valence electrons. The third-order valence-electron chi connectivity index (χ3n) is 3.28. The van der Waals surface area contributed by atoms with Gasteiger partial charge in [-0.2, -0.15) is 0 Å². The van der Waals surface area contributed by atoms with Gasteiger partial charge in [-0.05, 0) is 48.7 Å². The summed E-state index contributed by atoms with van der Waals surface area (Å²) in [7, 11) is 0. The lowest BCUT2D eigenvalue weighted by Crippen LogP contribution is -2.37. The van der Waals surface area contributed by atoms with Crippen molar-refractivity contribution in [3.63, 3.8) is 0 Å². The summed E-state index contributed by atoms with van der Waals surface area (Å²) < 4.78 is 5.51. The number of rotatable bonds is 5. The molecule has 23 heavy (non-hydrogen) atoms. The minimum Gasteiger partial charge on any atom is -0.473 e. The maximum Gasteiger partial charge on any atom is 0.317 e. The van der Waals surface area contributed by atoms with Crippen LogP contribution in [0.5, 0.6) is 5.75 Å². The molecule has 0 aliphatic heterocycles. The van der Waals surface area contributed by atoms with Gasteiger partial charge >= 0.3 is 6.03 Å². The Bertz CT molecular complexity index is 682. The second-order valence-corrected chi connectivity index (χ2v) is 5.90. The summed E-state index contributed by atoms with van der Waals surface area (Å²) >= 11 is 12.1. The van der Waals surface area contributed by atoms with Gasteiger partial charge in [0.1, 0.15) is 5.75 Å². The molecular weight excluding hydrogens is 335 g/mol. The first kappa shape index (κ1) is 17.4. The zero-order valence-corrected chi connectivity index (χ0v) is 14.5. The molecule has 0 aromatic heterocycles. The van der Waals surface area contributed by atoms with Crippen LogP contribution in [0.2, 0.25) is 10.0 Å². The molecule has 0 aliphatic carbocycles. The molecule has 2 aromatic rings. The predicted octanol–water partition coefficient (Wildman–Crippen LogP) is 4.45. The Hall–Kier alpha value is -1.91. The number of hydrogen-bond acceptors (Lipinski definition) is 2. The minimum absolute atomic E-state index is 0.0644. The summed E-state index contributed by atoms with van der Waals surface area (Å²) in [6, 6.07) is 10.7. The molecule has 6 heteroatoms. The SMILES string of the molecule is Cc1cc(OCNC(=O)NCc2ccccc2Cl)cc(C)c1Cl. The Labute approximate surface area is 145 Å². The fourth-order valence-corrected chi connectivity index (χ4v) is 2.37. The van der Waals surface area contributed by atoms with E-state index in [1.165, 1.54) is 0 Å². The van der Waals surface area contributed by atoms with Gasteiger partial charge in [0.25, 0.3) is 0 Å². The van der Waals surface area contributed by atoms with Crippen LogP contribution in [-0.2, 0) is 6.54 Å². The molecule has 0 saturated heterocycles. The number of urea groups is 1. The topological polar surface area (TPSA) is 50.4 Å². The third-order valence-corrected chi connectivity index (χ3v) is 4.24. The first-order valence-electron chi connectivity index (χ1n) is 7.12. The first-order valence-corrected chi connectivity index (χ1v) is 7.87. The van der Waals surface area contributed by atoms with Crippen LogP contribution in [0.25, 0.3) is 0 Å². The zero-order valence-electron chi connectivity index (χ0n) is 13.0. The molecule has 0 atom stereocenters. The lowest BCUT2D eigenvalue weighted by molar-refractivity contribution is 0.223. The predicted molar refractivity (Wildman–Crippen MR) is 93.2 cm³/mol. The van der Waals surface area contributed by atoms with E-state index in [4.69, 9.17) is 27.9 Å². The molecule has 2 aromatic carbocycles. The molecule has 4 nitrogen and oxygen atoms in total. The van der Waals surface area contributed by atoms with Gasteiger partial charge in [0.2, 0.25) is 0 Å². The zero-order chi connectivity index (χ0) is 16.8. The maximum absolute atomic E-state index is 11.7. The van der Waals surface area contributed by atoms with Crippen molar-refractivity contribution in [3.8, 4) is 5.75 Å². The highest BCUT2D eigenvalue weighted by atomic mass is 35.5. The Balaban J connectivity index is 1.78. The van der Waals surface area contributed by atoms with E-state index in [0.29, 0.717) is 17.3 Å². The molecule has 0 spiro atoms. The molecule has 2 rings (SSSR count). The van der Waals surface area contributed by atoms with Gasteiger partial charge in [0, 0.05) is 16.6 Å². The van der Waals surface area contributed by atoms with E-state index in [9.17, 15) is 4.79 Å².